The zero-order valence-electron chi connectivity index (χ0n) is 19.1. The van der Waals surface area contributed by atoms with Gasteiger partial charge in [0.05, 0.1) is 12.8 Å². The first-order valence-electron chi connectivity index (χ1n) is 10.3. The summed E-state index contributed by atoms with van der Waals surface area (Å²) in [6, 6.07) is 15.7. The second kappa shape index (κ2) is 9.21. The van der Waals surface area contributed by atoms with Crippen molar-refractivity contribution in [2.24, 2.45) is 7.05 Å². The molecule has 0 fully saturated rings. The summed E-state index contributed by atoms with van der Waals surface area (Å²) in [4.78, 5) is 12.5. The zero-order valence-corrected chi connectivity index (χ0v) is 19.1. The van der Waals surface area contributed by atoms with Gasteiger partial charge in [-0.2, -0.15) is 5.10 Å². The van der Waals surface area contributed by atoms with E-state index in [9.17, 15) is 4.79 Å². The Morgan fingerprint density at radius 3 is 2.39 bits per heavy atom. The molecule has 0 saturated heterocycles. The van der Waals surface area contributed by atoms with Gasteiger partial charge in [0.25, 0.3) is 0 Å². The Balaban J connectivity index is 1.73. The lowest BCUT2D eigenvalue weighted by Crippen LogP contribution is -2.10. The van der Waals surface area contributed by atoms with Gasteiger partial charge in [-0.25, -0.2) is 0 Å². The molecular formula is C26H30N2O3. The number of rotatable bonds is 7. The van der Waals surface area contributed by atoms with Crippen molar-refractivity contribution in [1.82, 2.24) is 9.78 Å². The van der Waals surface area contributed by atoms with E-state index in [0.717, 1.165) is 28.3 Å². The molecule has 1 heterocycles. The maximum Gasteiger partial charge on any atom is 0.203 e. The van der Waals surface area contributed by atoms with E-state index in [4.69, 9.17) is 9.47 Å². The van der Waals surface area contributed by atoms with Crippen LogP contribution in [-0.2, 0) is 19.1 Å². The first-order valence-corrected chi connectivity index (χ1v) is 10.3. The molecule has 0 amide bonds. The van der Waals surface area contributed by atoms with Gasteiger partial charge in [0.1, 0.15) is 23.8 Å². The van der Waals surface area contributed by atoms with Crippen LogP contribution in [0.25, 0.3) is 6.08 Å². The van der Waals surface area contributed by atoms with Crippen LogP contribution >= 0.6 is 0 Å². The normalized spacial score (nSPS) is 11.7. The molecule has 0 aliphatic heterocycles. The van der Waals surface area contributed by atoms with E-state index in [0.29, 0.717) is 12.3 Å². The number of ether oxygens (including phenoxy) is 2. The van der Waals surface area contributed by atoms with E-state index in [1.807, 2.05) is 37.3 Å². The fraction of sp³-hybridized carbons (Fsp3) is 0.308. The largest absolute Gasteiger partial charge is 0.496 e. The van der Waals surface area contributed by atoms with Gasteiger partial charge < -0.3 is 9.47 Å². The highest BCUT2D eigenvalue weighted by molar-refractivity contribution is 6.05. The minimum absolute atomic E-state index is 0.0874. The molecule has 0 aliphatic rings. The lowest BCUT2D eigenvalue weighted by atomic mass is 9.87. The van der Waals surface area contributed by atoms with Crippen LogP contribution in [0.15, 0.2) is 54.6 Å². The summed E-state index contributed by atoms with van der Waals surface area (Å²) in [6.07, 6.45) is 3.36. The Labute approximate surface area is 184 Å². The molecule has 1 aromatic heterocycles. The van der Waals surface area contributed by atoms with Gasteiger partial charge in [-0.3, -0.25) is 9.48 Å². The van der Waals surface area contributed by atoms with E-state index in [-0.39, 0.29) is 11.2 Å². The van der Waals surface area contributed by atoms with E-state index in [1.165, 1.54) is 5.56 Å². The quantitative estimate of drug-likeness (QED) is 0.375. The lowest BCUT2D eigenvalue weighted by molar-refractivity contribution is 0.103. The number of ketones is 1. The first kappa shape index (κ1) is 22.3. The number of carbonyl (C=O) groups is 1. The highest BCUT2D eigenvalue weighted by atomic mass is 16.5. The van der Waals surface area contributed by atoms with Crippen LogP contribution in [0.3, 0.4) is 0 Å². The van der Waals surface area contributed by atoms with E-state index in [1.54, 1.807) is 37.1 Å². The van der Waals surface area contributed by atoms with Gasteiger partial charge in [-0.15, -0.1) is 0 Å². The summed E-state index contributed by atoms with van der Waals surface area (Å²) in [7, 11) is 3.41. The minimum Gasteiger partial charge on any atom is -0.496 e. The highest BCUT2D eigenvalue weighted by Gasteiger charge is 2.13. The van der Waals surface area contributed by atoms with Gasteiger partial charge >= 0.3 is 0 Å². The summed E-state index contributed by atoms with van der Waals surface area (Å²) in [5, 5.41) is 4.22. The lowest BCUT2D eigenvalue weighted by Gasteiger charge is -2.19. The molecule has 0 unspecified atom stereocenters. The van der Waals surface area contributed by atoms with Crippen molar-refractivity contribution in [3.8, 4) is 11.5 Å². The Morgan fingerprint density at radius 1 is 1.10 bits per heavy atom. The van der Waals surface area contributed by atoms with Crippen molar-refractivity contribution in [3.05, 3.63) is 82.7 Å². The van der Waals surface area contributed by atoms with Crippen molar-refractivity contribution in [3.63, 3.8) is 0 Å². The number of aromatic nitrogens is 2. The van der Waals surface area contributed by atoms with Crippen molar-refractivity contribution in [1.29, 1.82) is 0 Å². The summed E-state index contributed by atoms with van der Waals surface area (Å²) < 4.78 is 13.1. The van der Waals surface area contributed by atoms with Crippen LogP contribution in [-0.4, -0.2) is 22.7 Å². The molecule has 31 heavy (non-hydrogen) atoms. The Kier molecular flexibility index (Phi) is 6.64. The van der Waals surface area contributed by atoms with Crippen molar-refractivity contribution < 1.29 is 14.3 Å². The second-order valence-electron chi connectivity index (χ2n) is 8.63. The number of benzene rings is 2. The number of carbonyl (C=O) groups excluding carboxylic acids is 1. The van der Waals surface area contributed by atoms with Crippen LogP contribution in [0, 0.1) is 6.92 Å². The topological polar surface area (TPSA) is 53.3 Å². The van der Waals surface area contributed by atoms with Crippen molar-refractivity contribution >= 4 is 11.9 Å². The third-order valence-corrected chi connectivity index (χ3v) is 5.10. The van der Waals surface area contributed by atoms with Gasteiger partial charge in [-0.1, -0.05) is 45.0 Å². The Morgan fingerprint density at radius 2 is 1.81 bits per heavy atom. The fourth-order valence-corrected chi connectivity index (χ4v) is 3.33. The predicted molar refractivity (Wildman–Crippen MR) is 124 cm³/mol. The maximum absolute atomic E-state index is 12.5. The SMILES string of the molecule is COc1ccc(/C=C/C(=O)c2cc(C)nn2C)cc1COc1ccc(C(C)(C)C)cc1. The molecule has 0 bridgehead atoms. The van der Waals surface area contributed by atoms with Crippen LogP contribution in [0.5, 0.6) is 11.5 Å². The van der Waals surface area contributed by atoms with Crippen molar-refractivity contribution in [2.45, 2.75) is 39.7 Å². The third kappa shape index (κ3) is 5.63. The number of methoxy groups -OCH3 is 1. The number of aryl methyl sites for hydroxylation is 2. The molecule has 0 saturated carbocycles. The Bertz CT molecular complexity index is 1090. The average molecular weight is 419 g/mol. The molecule has 162 valence electrons. The molecule has 0 atom stereocenters. The molecular weight excluding hydrogens is 388 g/mol. The summed E-state index contributed by atoms with van der Waals surface area (Å²) in [6.45, 7) is 8.80. The molecule has 2 aromatic carbocycles. The second-order valence-corrected chi connectivity index (χ2v) is 8.63. The monoisotopic (exact) mass is 418 g/mol. The van der Waals surface area contributed by atoms with Gasteiger partial charge in [0.15, 0.2) is 0 Å². The zero-order chi connectivity index (χ0) is 22.6. The molecule has 0 radical (unpaired) electrons. The Hall–Kier alpha value is -3.34. The summed E-state index contributed by atoms with van der Waals surface area (Å²) in [5.74, 6) is 1.46. The molecule has 5 heteroatoms. The highest BCUT2D eigenvalue weighted by Crippen LogP contribution is 2.26. The van der Waals surface area contributed by atoms with Crippen LogP contribution in [0.2, 0.25) is 0 Å². The molecule has 3 rings (SSSR count). The molecule has 5 nitrogen and oxygen atoms in total. The van der Waals surface area contributed by atoms with Gasteiger partial charge in [0.2, 0.25) is 5.78 Å². The van der Waals surface area contributed by atoms with Crippen LogP contribution < -0.4 is 9.47 Å². The fourth-order valence-electron chi connectivity index (χ4n) is 3.33. The summed E-state index contributed by atoms with van der Waals surface area (Å²) in [5.41, 5.74) is 4.55. The standard InChI is InChI=1S/C26H30N2O3/c1-18-15-23(28(5)27-18)24(29)13-7-19-8-14-25(30-6)20(16-19)17-31-22-11-9-21(10-12-22)26(2,3)4/h7-16H,17H2,1-6H3/b13-7+. The smallest absolute Gasteiger partial charge is 0.203 e. The third-order valence-electron chi connectivity index (χ3n) is 5.10. The number of hydrogen-bond acceptors (Lipinski definition) is 4. The molecule has 0 spiro atoms. The number of nitrogens with zero attached hydrogens (tertiary/aromatic N) is 2. The average Bonchev–Trinajstić information content (AvgIpc) is 3.08. The number of allylic oxidation sites excluding steroid dienone is 1. The van der Waals surface area contributed by atoms with E-state index < -0.39 is 0 Å². The van der Waals surface area contributed by atoms with Crippen LogP contribution in [0.4, 0.5) is 0 Å². The first-order chi connectivity index (χ1) is 14.7. The van der Waals surface area contributed by atoms with E-state index >= 15 is 0 Å². The van der Waals surface area contributed by atoms with Gasteiger partial charge in [0, 0.05) is 12.6 Å². The molecule has 3 aromatic rings. The van der Waals surface area contributed by atoms with Crippen LogP contribution in [0.1, 0.15) is 53.6 Å². The molecule has 0 N–H and O–H groups in total. The van der Waals surface area contributed by atoms with Crippen molar-refractivity contribution in [2.75, 3.05) is 7.11 Å². The summed E-state index contributed by atoms with van der Waals surface area (Å²) >= 11 is 0. The molecule has 0 aliphatic carbocycles. The van der Waals surface area contributed by atoms with E-state index in [2.05, 4.69) is 38.0 Å². The maximum atomic E-state index is 12.5. The number of hydrogen-bond donors (Lipinski definition) is 0. The predicted octanol–water partition coefficient (Wildman–Crippen LogP) is 5.51. The minimum atomic E-state index is -0.0874. The van der Waals surface area contributed by atoms with Gasteiger partial charge in [-0.05, 0) is 59.9 Å².